The van der Waals surface area contributed by atoms with Crippen LogP contribution in [0.4, 0.5) is 0 Å². The topological polar surface area (TPSA) is 51.6 Å². The summed E-state index contributed by atoms with van der Waals surface area (Å²) in [7, 11) is 3.61. The molecule has 0 spiro atoms. The minimum Gasteiger partial charge on any atom is -0.481 e. The van der Waals surface area contributed by atoms with E-state index in [2.05, 4.69) is 43.0 Å². The molecule has 132 valence electrons. The van der Waals surface area contributed by atoms with E-state index in [-0.39, 0.29) is 5.54 Å². The summed E-state index contributed by atoms with van der Waals surface area (Å²) >= 11 is 0. The van der Waals surface area contributed by atoms with Crippen molar-refractivity contribution >= 4 is 0 Å². The van der Waals surface area contributed by atoms with Crippen LogP contribution in [-0.2, 0) is 18.3 Å². The van der Waals surface area contributed by atoms with Crippen LogP contribution in [0, 0.1) is 6.92 Å². The maximum Gasteiger partial charge on any atom is 0.216 e. The van der Waals surface area contributed by atoms with E-state index in [4.69, 9.17) is 9.47 Å². The van der Waals surface area contributed by atoms with E-state index < -0.39 is 0 Å². The van der Waals surface area contributed by atoms with Crippen molar-refractivity contribution in [1.29, 1.82) is 0 Å². The summed E-state index contributed by atoms with van der Waals surface area (Å²) in [6.45, 7) is 14.5. The summed E-state index contributed by atoms with van der Waals surface area (Å²) in [5.41, 5.74) is 2.23. The number of aryl methyl sites for hydroxylation is 2. The summed E-state index contributed by atoms with van der Waals surface area (Å²) in [5.74, 6) is 0.835. The minimum atomic E-state index is 0.0790. The molecule has 2 rings (SSSR count). The molecule has 1 aliphatic rings. The lowest BCUT2D eigenvalue weighted by Gasteiger charge is -2.45. The van der Waals surface area contributed by atoms with Gasteiger partial charge in [-0.15, -0.1) is 0 Å². The number of aromatic nitrogens is 2. The van der Waals surface area contributed by atoms with Crippen molar-refractivity contribution in [3.63, 3.8) is 0 Å². The smallest absolute Gasteiger partial charge is 0.216 e. The summed E-state index contributed by atoms with van der Waals surface area (Å²) in [4.78, 5) is 2.52. The monoisotopic (exact) mass is 324 g/mol. The van der Waals surface area contributed by atoms with Crippen molar-refractivity contribution in [2.45, 2.75) is 58.9 Å². The third kappa shape index (κ3) is 4.25. The predicted molar refractivity (Wildman–Crippen MR) is 91.9 cm³/mol. The molecule has 1 aromatic heterocycles. The van der Waals surface area contributed by atoms with Crippen molar-refractivity contribution in [2.75, 3.05) is 26.7 Å². The lowest BCUT2D eigenvalue weighted by atomic mass is 10.00. The van der Waals surface area contributed by atoms with Crippen molar-refractivity contribution in [2.24, 2.45) is 7.05 Å². The minimum absolute atomic E-state index is 0.0790. The Labute approximate surface area is 140 Å². The lowest BCUT2D eigenvalue weighted by Crippen LogP contribution is -2.58. The first-order valence-corrected chi connectivity index (χ1v) is 8.42. The highest BCUT2D eigenvalue weighted by Gasteiger charge is 2.33. The van der Waals surface area contributed by atoms with Gasteiger partial charge in [0.2, 0.25) is 5.88 Å². The van der Waals surface area contributed by atoms with Gasteiger partial charge in [0.25, 0.3) is 0 Å². The molecule has 0 amide bonds. The van der Waals surface area contributed by atoms with Crippen molar-refractivity contribution in [1.82, 2.24) is 20.0 Å². The SMILES string of the molecule is COc1c(CNCC(C)(C)N2C[C@@H](C)O[C@H](C)C2)c(C)nn1C. The summed E-state index contributed by atoms with van der Waals surface area (Å²) < 4.78 is 13.1. The number of hydrogen-bond acceptors (Lipinski definition) is 5. The first kappa shape index (κ1) is 18.2. The zero-order valence-corrected chi connectivity index (χ0v) is 15.6. The van der Waals surface area contributed by atoms with E-state index in [9.17, 15) is 0 Å². The van der Waals surface area contributed by atoms with Crippen LogP contribution in [0.5, 0.6) is 5.88 Å². The van der Waals surface area contributed by atoms with E-state index >= 15 is 0 Å². The van der Waals surface area contributed by atoms with E-state index in [0.717, 1.165) is 43.3 Å². The summed E-state index contributed by atoms with van der Waals surface area (Å²) in [6, 6.07) is 0. The number of nitrogens with one attached hydrogen (secondary N) is 1. The van der Waals surface area contributed by atoms with Crippen LogP contribution < -0.4 is 10.1 Å². The Bertz CT molecular complexity index is 517. The van der Waals surface area contributed by atoms with Crippen LogP contribution in [-0.4, -0.2) is 59.2 Å². The van der Waals surface area contributed by atoms with Crippen LogP contribution in [0.1, 0.15) is 39.0 Å². The van der Waals surface area contributed by atoms with Crippen molar-refractivity contribution in [3.8, 4) is 5.88 Å². The van der Waals surface area contributed by atoms with Gasteiger partial charge in [0.15, 0.2) is 0 Å². The molecule has 6 nitrogen and oxygen atoms in total. The van der Waals surface area contributed by atoms with Gasteiger partial charge in [-0.3, -0.25) is 4.90 Å². The molecule has 1 aromatic rings. The highest BCUT2D eigenvalue weighted by atomic mass is 16.5. The molecule has 0 saturated carbocycles. The van der Waals surface area contributed by atoms with E-state index in [1.807, 2.05) is 14.0 Å². The number of nitrogens with zero attached hydrogens (tertiary/aromatic N) is 3. The second-order valence-electron chi connectivity index (χ2n) is 7.28. The van der Waals surface area contributed by atoms with Gasteiger partial charge in [-0.05, 0) is 34.6 Å². The molecule has 1 aliphatic heterocycles. The fraction of sp³-hybridized carbons (Fsp3) is 0.824. The number of rotatable bonds is 6. The molecule has 0 aromatic carbocycles. The molecular formula is C17H32N4O2. The predicted octanol–water partition coefficient (Wildman–Crippen LogP) is 1.71. The molecule has 1 fully saturated rings. The van der Waals surface area contributed by atoms with Gasteiger partial charge < -0.3 is 14.8 Å². The summed E-state index contributed by atoms with van der Waals surface area (Å²) in [6.07, 6.45) is 0.581. The van der Waals surface area contributed by atoms with Gasteiger partial charge in [-0.25, -0.2) is 4.68 Å². The fourth-order valence-corrected chi connectivity index (χ4v) is 3.42. The van der Waals surface area contributed by atoms with Crippen LogP contribution in [0.3, 0.4) is 0 Å². The zero-order valence-electron chi connectivity index (χ0n) is 15.6. The Hall–Kier alpha value is -1.11. The third-order valence-electron chi connectivity index (χ3n) is 4.62. The number of methoxy groups -OCH3 is 1. The average Bonchev–Trinajstić information content (AvgIpc) is 2.71. The second-order valence-corrected chi connectivity index (χ2v) is 7.28. The van der Waals surface area contributed by atoms with Crippen LogP contribution in [0.25, 0.3) is 0 Å². The standard InChI is InChI=1S/C17H32N4O2/c1-12-9-21(10-13(2)23-12)17(4,5)11-18-8-15-14(3)19-20(6)16(15)22-7/h12-13,18H,8-11H2,1-7H3/t12-,13-/m1/s1. The Morgan fingerprint density at radius 2 is 1.91 bits per heavy atom. The molecular weight excluding hydrogens is 292 g/mol. The first-order chi connectivity index (χ1) is 10.7. The largest absolute Gasteiger partial charge is 0.481 e. The Morgan fingerprint density at radius 3 is 2.48 bits per heavy atom. The molecule has 0 bridgehead atoms. The van der Waals surface area contributed by atoms with Gasteiger partial charge in [-0.1, -0.05) is 0 Å². The molecule has 0 aliphatic carbocycles. The summed E-state index contributed by atoms with van der Waals surface area (Å²) in [5, 5.41) is 8.01. The van der Waals surface area contributed by atoms with Crippen LogP contribution in [0.2, 0.25) is 0 Å². The van der Waals surface area contributed by atoms with Gasteiger partial charge >= 0.3 is 0 Å². The number of hydrogen-bond donors (Lipinski definition) is 1. The fourth-order valence-electron chi connectivity index (χ4n) is 3.42. The molecule has 23 heavy (non-hydrogen) atoms. The molecule has 6 heteroatoms. The Kier molecular flexibility index (Phi) is 5.70. The van der Waals surface area contributed by atoms with Crippen molar-refractivity contribution < 1.29 is 9.47 Å². The van der Waals surface area contributed by atoms with Crippen LogP contribution >= 0.6 is 0 Å². The van der Waals surface area contributed by atoms with Crippen molar-refractivity contribution in [3.05, 3.63) is 11.3 Å². The molecule has 0 radical (unpaired) electrons. The average molecular weight is 324 g/mol. The zero-order chi connectivity index (χ0) is 17.2. The Balaban J connectivity index is 1.95. The number of ether oxygens (including phenoxy) is 2. The highest BCUT2D eigenvalue weighted by Crippen LogP contribution is 2.23. The number of morpholine rings is 1. The van der Waals surface area contributed by atoms with Gasteiger partial charge in [-0.2, -0.15) is 5.10 Å². The normalized spacial score (nSPS) is 23.3. The van der Waals surface area contributed by atoms with Gasteiger partial charge in [0.05, 0.1) is 30.6 Å². The molecule has 2 atom stereocenters. The maximum absolute atomic E-state index is 5.84. The second kappa shape index (κ2) is 7.20. The molecule has 2 heterocycles. The van der Waals surface area contributed by atoms with Gasteiger partial charge in [0, 0.05) is 38.8 Å². The first-order valence-electron chi connectivity index (χ1n) is 8.42. The van der Waals surface area contributed by atoms with E-state index in [0.29, 0.717) is 12.2 Å². The van der Waals surface area contributed by atoms with E-state index in [1.54, 1.807) is 11.8 Å². The van der Waals surface area contributed by atoms with E-state index in [1.165, 1.54) is 0 Å². The highest BCUT2D eigenvalue weighted by molar-refractivity contribution is 5.30. The van der Waals surface area contributed by atoms with Crippen LogP contribution in [0.15, 0.2) is 0 Å². The Morgan fingerprint density at radius 1 is 1.30 bits per heavy atom. The third-order valence-corrected chi connectivity index (χ3v) is 4.62. The maximum atomic E-state index is 5.84. The molecule has 1 N–H and O–H groups in total. The quantitative estimate of drug-likeness (QED) is 0.863. The molecule has 1 saturated heterocycles. The van der Waals surface area contributed by atoms with Gasteiger partial charge in [0.1, 0.15) is 0 Å². The lowest BCUT2D eigenvalue weighted by molar-refractivity contribution is -0.0952. The molecule has 0 unspecified atom stereocenters.